The molecular weight excluding hydrogens is 272 g/mol. The number of amides is 1. The summed E-state index contributed by atoms with van der Waals surface area (Å²) in [6, 6.07) is 10.4. The number of likely N-dealkylation sites (tertiary alicyclic amines) is 1. The lowest BCUT2D eigenvalue weighted by Gasteiger charge is -2.40. The fourth-order valence-electron chi connectivity index (χ4n) is 2.46. The third-order valence-corrected chi connectivity index (χ3v) is 4.74. The number of hydrogen-bond acceptors (Lipinski definition) is 2. The lowest BCUT2D eigenvalue weighted by atomic mass is 9.73. The lowest BCUT2D eigenvalue weighted by Crippen LogP contribution is -2.46. The minimum absolute atomic E-state index is 0.0702. The maximum atomic E-state index is 10.7. The fraction of sp³-hybridized carbons (Fsp3) is 0.632. The summed E-state index contributed by atoms with van der Waals surface area (Å²) in [5.74, 6) is 0. The number of piperidine rings is 1. The molecule has 1 fully saturated rings. The number of benzene rings is 1. The summed E-state index contributed by atoms with van der Waals surface area (Å²) in [6.45, 7) is 11.2. The third kappa shape index (κ3) is 5.45. The second kappa shape index (κ2) is 8.33. The van der Waals surface area contributed by atoms with Crippen molar-refractivity contribution < 1.29 is 4.79 Å². The first-order chi connectivity index (χ1) is 10.4. The van der Waals surface area contributed by atoms with Crippen molar-refractivity contribution in [2.45, 2.75) is 52.4 Å². The molecule has 2 N–H and O–H groups in total. The molecule has 1 aromatic carbocycles. The van der Waals surface area contributed by atoms with Crippen molar-refractivity contribution in [3.8, 4) is 0 Å². The van der Waals surface area contributed by atoms with Gasteiger partial charge in [0.2, 0.25) is 6.41 Å². The molecule has 1 aliphatic rings. The molecular formula is C19H32N2O. The van der Waals surface area contributed by atoms with Crippen LogP contribution >= 0.6 is 0 Å². The Morgan fingerprint density at radius 1 is 1.18 bits per heavy atom. The molecule has 0 spiro atoms. The summed E-state index contributed by atoms with van der Waals surface area (Å²) in [4.78, 5) is 12.5. The van der Waals surface area contributed by atoms with E-state index < -0.39 is 0 Å². The van der Waals surface area contributed by atoms with E-state index >= 15 is 0 Å². The van der Waals surface area contributed by atoms with Crippen LogP contribution in [0.5, 0.6) is 0 Å². The normalized spacial score (nSPS) is 17.4. The molecule has 0 saturated carbocycles. The average molecular weight is 304 g/mol. The second-order valence-corrected chi connectivity index (χ2v) is 7.41. The topological polar surface area (TPSA) is 46.3 Å². The van der Waals surface area contributed by atoms with E-state index in [1.807, 2.05) is 11.0 Å². The van der Waals surface area contributed by atoms with E-state index in [-0.39, 0.29) is 5.41 Å². The molecule has 0 unspecified atom stereocenters. The molecule has 1 aromatic rings. The summed E-state index contributed by atoms with van der Waals surface area (Å²) in [7, 11) is 0. The van der Waals surface area contributed by atoms with Crippen LogP contribution < -0.4 is 5.73 Å². The Morgan fingerprint density at radius 3 is 2.05 bits per heavy atom. The van der Waals surface area contributed by atoms with Crippen LogP contribution in [0.15, 0.2) is 30.3 Å². The van der Waals surface area contributed by atoms with Crippen LogP contribution in [0.1, 0.15) is 52.5 Å². The molecule has 2 rings (SSSR count). The molecule has 0 aliphatic carbocycles. The molecule has 1 heterocycles. The number of rotatable bonds is 3. The maximum Gasteiger partial charge on any atom is 0.209 e. The molecule has 1 saturated heterocycles. The molecule has 124 valence electrons. The first-order valence-corrected chi connectivity index (χ1v) is 8.32. The van der Waals surface area contributed by atoms with Gasteiger partial charge in [-0.25, -0.2) is 0 Å². The van der Waals surface area contributed by atoms with Crippen LogP contribution in [0.25, 0.3) is 0 Å². The average Bonchev–Trinajstić information content (AvgIpc) is 2.55. The molecule has 0 aromatic heterocycles. The monoisotopic (exact) mass is 304 g/mol. The van der Waals surface area contributed by atoms with Gasteiger partial charge in [0, 0.05) is 25.0 Å². The van der Waals surface area contributed by atoms with E-state index in [4.69, 9.17) is 5.73 Å². The van der Waals surface area contributed by atoms with Crippen molar-refractivity contribution in [3.05, 3.63) is 35.9 Å². The molecule has 0 bridgehead atoms. The molecule has 22 heavy (non-hydrogen) atoms. The summed E-state index contributed by atoms with van der Waals surface area (Å²) < 4.78 is 0. The van der Waals surface area contributed by atoms with Gasteiger partial charge in [-0.05, 0) is 23.8 Å². The van der Waals surface area contributed by atoms with Crippen molar-refractivity contribution in [1.82, 2.24) is 4.90 Å². The molecule has 1 aliphatic heterocycles. The zero-order valence-electron chi connectivity index (χ0n) is 14.6. The number of carbonyl (C=O) groups is 1. The Kier molecular flexibility index (Phi) is 7.08. The highest BCUT2D eigenvalue weighted by Gasteiger charge is 2.34. The van der Waals surface area contributed by atoms with Gasteiger partial charge in [0.25, 0.3) is 0 Å². The largest absolute Gasteiger partial charge is 0.345 e. The highest BCUT2D eigenvalue weighted by molar-refractivity contribution is 5.47. The van der Waals surface area contributed by atoms with Gasteiger partial charge in [0.05, 0.1) is 0 Å². The van der Waals surface area contributed by atoms with Gasteiger partial charge in [0.15, 0.2) is 0 Å². The van der Waals surface area contributed by atoms with Crippen molar-refractivity contribution in [3.63, 3.8) is 0 Å². The summed E-state index contributed by atoms with van der Waals surface area (Å²) in [5, 5.41) is 0. The van der Waals surface area contributed by atoms with Crippen LogP contribution in [0.4, 0.5) is 0 Å². The standard InChI is InChI=1S/C13H18N2O.C6H14/c14-10-13(12-4-2-1-3-5-12)6-8-15(11-16)9-7-13;1-5-6(2,3)4/h1-5,11H,6-10,14H2;5H2,1-4H3. The van der Waals surface area contributed by atoms with Crippen molar-refractivity contribution in [2.75, 3.05) is 19.6 Å². The van der Waals surface area contributed by atoms with Gasteiger partial charge in [-0.15, -0.1) is 0 Å². The van der Waals surface area contributed by atoms with E-state index in [1.165, 1.54) is 12.0 Å². The summed E-state index contributed by atoms with van der Waals surface area (Å²) in [6.07, 6.45) is 4.14. The predicted octanol–water partition coefficient (Wildman–Crippen LogP) is 3.58. The number of carbonyl (C=O) groups excluding carboxylic acids is 1. The van der Waals surface area contributed by atoms with E-state index in [0.717, 1.165) is 32.3 Å². The molecule has 0 atom stereocenters. The lowest BCUT2D eigenvalue weighted by molar-refractivity contribution is -0.119. The first kappa shape index (κ1) is 18.7. The van der Waals surface area contributed by atoms with Crippen molar-refractivity contribution in [1.29, 1.82) is 0 Å². The van der Waals surface area contributed by atoms with Gasteiger partial charge in [0.1, 0.15) is 0 Å². The van der Waals surface area contributed by atoms with Crippen LogP contribution in [0, 0.1) is 5.41 Å². The second-order valence-electron chi connectivity index (χ2n) is 7.41. The Bertz CT molecular complexity index is 428. The molecule has 0 radical (unpaired) electrons. The Hall–Kier alpha value is -1.35. The van der Waals surface area contributed by atoms with E-state index in [1.54, 1.807) is 0 Å². The number of nitrogens with two attached hydrogens (primary N) is 1. The molecule has 1 amide bonds. The zero-order chi connectivity index (χ0) is 16.6. The SMILES string of the molecule is CCC(C)(C)C.NCC1(c2ccccc2)CCN(C=O)CC1. The predicted molar refractivity (Wildman–Crippen MR) is 93.8 cm³/mol. The van der Waals surface area contributed by atoms with Crippen LogP contribution in [0.3, 0.4) is 0 Å². The Balaban J connectivity index is 0.000000346. The smallest absolute Gasteiger partial charge is 0.209 e. The maximum absolute atomic E-state index is 10.7. The molecule has 3 heteroatoms. The van der Waals surface area contributed by atoms with E-state index in [0.29, 0.717) is 12.0 Å². The van der Waals surface area contributed by atoms with Gasteiger partial charge in [-0.3, -0.25) is 4.79 Å². The van der Waals surface area contributed by atoms with Gasteiger partial charge in [-0.1, -0.05) is 64.4 Å². The Morgan fingerprint density at radius 2 is 1.68 bits per heavy atom. The van der Waals surface area contributed by atoms with Crippen LogP contribution in [-0.2, 0) is 10.2 Å². The summed E-state index contributed by atoms with van der Waals surface area (Å²) >= 11 is 0. The first-order valence-electron chi connectivity index (χ1n) is 8.32. The third-order valence-electron chi connectivity index (χ3n) is 4.74. The van der Waals surface area contributed by atoms with Gasteiger partial charge >= 0.3 is 0 Å². The quantitative estimate of drug-likeness (QED) is 0.868. The van der Waals surface area contributed by atoms with Gasteiger partial charge in [-0.2, -0.15) is 0 Å². The number of nitrogens with zero attached hydrogens (tertiary/aromatic N) is 1. The van der Waals surface area contributed by atoms with Crippen molar-refractivity contribution >= 4 is 6.41 Å². The van der Waals surface area contributed by atoms with Crippen LogP contribution in [-0.4, -0.2) is 30.9 Å². The highest BCUT2D eigenvalue weighted by atomic mass is 16.1. The van der Waals surface area contributed by atoms with Crippen molar-refractivity contribution in [2.24, 2.45) is 11.1 Å². The Labute approximate surface area is 135 Å². The minimum Gasteiger partial charge on any atom is -0.345 e. The summed E-state index contributed by atoms with van der Waals surface area (Å²) in [5.41, 5.74) is 7.87. The minimum atomic E-state index is 0.0702. The zero-order valence-corrected chi connectivity index (χ0v) is 14.6. The number of hydrogen-bond donors (Lipinski definition) is 1. The van der Waals surface area contributed by atoms with Gasteiger partial charge < -0.3 is 10.6 Å². The van der Waals surface area contributed by atoms with E-state index in [9.17, 15) is 4.79 Å². The molecule has 3 nitrogen and oxygen atoms in total. The fourth-order valence-corrected chi connectivity index (χ4v) is 2.46. The van der Waals surface area contributed by atoms with E-state index in [2.05, 4.69) is 52.0 Å². The van der Waals surface area contributed by atoms with Crippen LogP contribution in [0.2, 0.25) is 0 Å². The highest BCUT2D eigenvalue weighted by Crippen LogP contribution is 2.33.